The van der Waals surface area contributed by atoms with E-state index in [1.54, 1.807) is 0 Å². The van der Waals surface area contributed by atoms with Crippen molar-refractivity contribution in [1.29, 1.82) is 0 Å². The van der Waals surface area contributed by atoms with Crippen molar-refractivity contribution in [2.24, 2.45) is 0 Å². The largest absolute Gasteiger partial charge is 0.337 e. The first-order chi connectivity index (χ1) is 10.3. The van der Waals surface area contributed by atoms with E-state index in [2.05, 4.69) is 29.6 Å². The summed E-state index contributed by atoms with van der Waals surface area (Å²) in [4.78, 5) is 14.3. The van der Waals surface area contributed by atoms with Crippen molar-refractivity contribution in [3.8, 4) is 5.69 Å². The fourth-order valence-corrected chi connectivity index (χ4v) is 3.08. The molecule has 0 radical (unpaired) electrons. The Morgan fingerprint density at radius 2 is 1.86 bits per heavy atom. The molecular weight excluding hydrogens is 262 g/mol. The lowest BCUT2D eigenvalue weighted by molar-refractivity contribution is 0.0706. The summed E-state index contributed by atoms with van der Waals surface area (Å²) in [6, 6.07) is 13.0. The smallest absolute Gasteiger partial charge is 0.273 e. The van der Waals surface area contributed by atoms with Gasteiger partial charge in [0.2, 0.25) is 0 Å². The molecule has 3 aliphatic heterocycles. The lowest BCUT2D eigenvalue weighted by Crippen LogP contribution is -2.44. The Morgan fingerprint density at radius 3 is 2.48 bits per heavy atom. The van der Waals surface area contributed by atoms with Gasteiger partial charge in [-0.3, -0.25) is 4.79 Å². The van der Waals surface area contributed by atoms with Crippen LogP contribution in [0.15, 0.2) is 42.6 Å². The molecule has 3 aliphatic rings. The average molecular weight is 281 g/mol. The molecule has 1 saturated heterocycles. The van der Waals surface area contributed by atoms with Gasteiger partial charge in [0.25, 0.3) is 5.91 Å². The van der Waals surface area contributed by atoms with E-state index in [1.807, 2.05) is 27.8 Å². The van der Waals surface area contributed by atoms with E-state index in [0.29, 0.717) is 6.04 Å². The number of hydrogen-bond acceptors (Lipinski definition) is 2. The van der Waals surface area contributed by atoms with Gasteiger partial charge in [-0.1, -0.05) is 30.3 Å². The number of nitrogens with one attached hydrogen (secondary N) is 1. The summed E-state index contributed by atoms with van der Waals surface area (Å²) in [7, 11) is 0. The summed E-state index contributed by atoms with van der Waals surface area (Å²) < 4.78 is 1.97. The quantitative estimate of drug-likeness (QED) is 0.796. The second-order valence-electron chi connectivity index (χ2n) is 5.85. The standard InChI is InChI=1S/C17H19N3O/c21-17(16-15-8-11-20(15)16)19-9-6-14(7-10-19)18-12-13-4-2-1-3-5-13/h1-5,8,11,14,18H,6-7,9-10,12H2. The van der Waals surface area contributed by atoms with Gasteiger partial charge < -0.3 is 14.8 Å². The first kappa shape index (κ1) is 12.7. The molecule has 0 bridgehead atoms. The molecule has 1 fully saturated rings. The number of hydrogen-bond donors (Lipinski definition) is 1. The second-order valence-corrected chi connectivity index (χ2v) is 5.85. The predicted molar refractivity (Wildman–Crippen MR) is 81.5 cm³/mol. The number of fused-ring (bicyclic) bond motifs is 1. The minimum Gasteiger partial charge on any atom is -0.337 e. The van der Waals surface area contributed by atoms with Crippen molar-refractivity contribution in [3.63, 3.8) is 0 Å². The summed E-state index contributed by atoms with van der Waals surface area (Å²) in [6.07, 6.45) is 4.03. The van der Waals surface area contributed by atoms with Gasteiger partial charge in [0.15, 0.2) is 0 Å². The van der Waals surface area contributed by atoms with E-state index in [1.165, 1.54) is 5.56 Å². The summed E-state index contributed by atoms with van der Waals surface area (Å²) in [5.41, 5.74) is 3.33. The molecule has 3 heterocycles. The van der Waals surface area contributed by atoms with Crippen molar-refractivity contribution in [3.05, 3.63) is 53.9 Å². The highest BCUT2D eigenvalue weighted by Gasteiger charge is 2.35. The monoisotopic (exact) mass is 281 g/mol. The summed E-state index contributed by atoms with van der Waals surface area (Å²) in [5.74, 6) is 0.205. The lowest BCUT2D eigenvalue weighted by Gasteiger charge is -2.31. The van der Waals surface area contributed by atoms with Crippen LogP contribution in [0.4, 0.5) is 0 Å². The van der Waals surface area contributed by atoms with Crippen molar-refractivity contribution in [2.75, 3.05) is 13.1 Å². The van der Waals surface area contributed by atoms with Crippen LogP contribution in [-0.2, 0) is 6.54 Å². The molecule has 1 N–H and O–H groups in total. The number of carbonyl (C=O) groups is 1. The topological polar surface area (TPSA) is 37.3 Å². The molecule has 0 aliphatic carbocycles. The molecule has 0 aromatic heterocycles. The van der Waals surface area contributed by atoms with E-state index >= 15 is 0 Å². The Bertz CT molecular complexity index is 634. The van der Waals surface area contributed by atoms with E-state index in [0.717, 1.165) is 43.9 Å². The van der Waals surface area contributed by atoms with Gasteiger partial charge >= 0.3 is 0 Å². The Morgan fingerprint density at radius 1 is 1.14 bits per heavy atom. The molecule has 4 rings (SSSR count). The van der Waals surface area contributed by atoms with Crippen molar-refractivity contribution in [1.82, 2.24) is 14.8 Å². The Kier molecular flexibility index (Phi) is 3.04. The molecule has 21 heavy (non-hydrogen) atoms. The fourth-order valence-electron chi connectivity index (χ4n) is 3.08. The Balaban J connectivity index is 1.26. The third-order valence-corrected chi connectivity index (χ3v) is 4.50. The van der Waals surface area contributed by atoms with Crippen LogP contribution in [0.25, 0.3) is 5.69 Å². The van der Waals surface area contributed by atoms with Crippen LogP contribution >= 0.6 is 0 Å². The number of likely N-dealkylation sites (tertiary alicyclic amines) is 1. The molecule has 4 nitrogen and oxygen atoms in total. The Hall–Kier alpha value is -2.07. The van der Waals surface area contributed by atoms with Gasteiger partial charge in [0, 0.05) is 31.9 Å². The van der Waals surface area contributed by atoms with Crippen molar-refractivity contribution >= 4 is 5.91 Å². The van der Waals surface area contributed by atoms with E-state index in [9.17, 15) is 4.79 Å². The van der Waals surface area contributed by atoms with E-state index in [-0.39, 0.29) is 5.91 Å². The lowest BCUT2D eigenvalue weighted by atomic mass is 10.0. The van der Waals surface area contributed by atoms with Crippen LogP contribution in [0.5, 0.6) is 0 Å². The highest BCUT2D eigenvalue weighted by atomic mass is 16.2. The maximum absolute atomic E-state index is 12.3. The van der Waals surface area contributed by atoms with Gasteiger partial charge in [0.05, 0.1) is 5.69 Å². The molecular formula is C17H19N3O. The first-order valence-electron chi connectivity index (χ1n) is 7.61. The molecule has 0 saturated carbocycles. The normalized spacial score (nSPS) is 17.0. The Labute approximate surface area is 124 Å². The first-order valence-corrected chi connectivity index (χ1v) is 7.61. The van der Waals surface area contributed by atoms with Crippen LogP contribution in [0.3, 0.4) is 0 Å². The number of piperidine rings is 1. The average Bonchev–Trinajstić information content (AvgIpc) is 3.06. The molecule has 1 amide bonds. The number of amides is 1. The van der Waals surface area contributed by atoms with Gasteiger partial charge in [-0.25, -0.2) is 0 Å². The van der Waals surface area contributed by atoms with Crippen LogP contribution in [-0.4, -0.2) is 34.5 Å². The number of nitrogens with zero attached hydrogens (tertiary/aromatic N) is 2. The predicted octanol–water partition coefficient (Wildman–Crippen LogP) is 2.19. The molecule has 108 valence electrons. The van der Waals surface area contributed by atoms with Crippen LogP contribution in [0.1, 0.15) is 28.9 Å². The van der Waals surface area contributed by atoms with Crippen LogP contribution in [0.2, 0.25) is 0 Å². The highest BCUT2D eigenvalue weighted by Crippen LogP contribution is 2.33. The maximum atomic E-state index is 12.3. The zero-order valence-electron chi connectivity index (χ0n) is 12.0. The fraction of sp³-hybridized carbons (Fsp3) is 0.353. The highest BCUT2D eigenvalue weighted by molar-refractivity contribution is 6.02. The van der Waals surface area contributed by atoms with Crippen molar-refractivity contribution in [2.45, 2.75) is 25.4 Å². The summed E-state index contributed by atoms with van der Waals surface area (Å²) in [6.45, 7) is 2.62. The van der Waals surface area contributed by atoms with E-state index < -0.39 is 0 Å². The third kappa shape index (κ3) is 2.36. The second kappa shape index (κ2) is 5.04. The van der Waals surface area contributed by atoms with Gasteiger partial charge in [-0.05, 0) is 24.5 Å². The van der Waals surface area contributed by atoms with Gasteiger partial charge in [-0.2, -0.15) is 0 Å². The number of carbonyl (C=O) groups excluding carboxylic acids is 1. The molecule has 0 atom stereocenters. The van der Waals surface area contributed by atoms with Crippen LogP contribution in [0, 0.1) is 0 Å². The number of rotatable bonds is 4. The summed E-state index contributed by atoms with van der Waals surface area (Å²) >= 11 is 0. The van der Waals surface area contributed by atoms with Gasteiger partial charge in [0.1, 0.15) is 5.69 Å². The number of aromatic nitrogens is 1. The maximum Gasteiger partial charge on any atom is 0.273 e. The van der Waals surface area contributed by atoms with E-state index in [4.69, 9.17) is 0 Å². The third-order valence-electron chi connectivity index (χ3n) is 4.50. The molecule has 1 aromatic rings. The zero-order valence-corrected chi connectivity index (χ0v) is 12.0. The summed E-state index contributed by atoms with van der Waals surface area (Å²) in [5, 5.41) is 3.60. The minimum atomic E-state index is 0.205. The molecule has 1 aromatic carbocycles. The van der Waals surface area contributed by atoms with Crippen LogP contribution < -0.4 is 5.32 Å². The molecule has 0 unspecified atom stereocenters. The zero-order chi connectivity index (χ0) is 14.2. The SMILES string of the molecule is O=C(c1c2ccn1-2)N1CCC(NCc2ccccc2)CC1. The van der Waals surface area contributed by atoms with Crippen molar-refractivity contribution < 1.29 is 4.79 Å². The number of benzene rings is 1. The van der Waals surface area contributed by atoms with Gasteiger partial charge in [-0.15, -0.1) is 0 Å². The minimum absolute atomic E-state index is 0.205. The molecule has 4 heteroatoms. The molecule has 0 spiro atoms.